The van der Waals surface area contributed by atoms with Crippen molar-refractivity contribution in [3.05, 3.63) is 0 Å². The van der Waals surface area contributed by atoms with E-state index in [-0.39, 0.29) is 12.5 Å². The van der Waals surface area contributed by atoms with Gasteiger partial charge >= 0.3 is 5.97 Å². The lowest BCUT2D eigenvalue weighted by atomic mass is 9.97. The molecule has 0 radical (unpaired) electrons. The van der Waals surface area contributed by atoms with Gasteiger partial charge in [-0.05, 0) is 26.2 Å². The van der Waals surface area contributed by atoms with Gasteiger partial charge in [0, 0.05) is 6.42 Å². The van der Waals surface area contributed by atoms with Crippen LogP contribution in [0.2, 0.25) is 0 Å². The van der Waals surface area contributed by atoms with E-state index in [0.717, 1.165) is 38.5 Å². The van der Waals surface area contributed by atoms with Crippen molar-refractivity contribution in [1.82, 2.24) is 0 Å². The lowest BCUT2D eigenvalue weighted by molar-refractivity contribution is -0.165. The number of hydrogen-bond donors (Lipinski definition) is 1. The van der Waals surface area contributed by atoms with Crippen LogP contribution in [0.3, 0.4) is 0 Å². The maximum Gasteiger partial charge on any atom is 0.353 e. The van der Waals surface area contributed by atoms with Gasteiger partial charge in [0.2, 0.25) is 5.60 Å². The van der Waals surface area contributed by atoms with Gasteiger partial charge in [-0.25, -0.2) is 4.79 Å². The summed E-state index contributed by atoms with van der Waals surface area (Å²) in [5, 5.41) is 19.2. The minimum atomic E-state index is -1.98. The zero-order chi connectivity index (χ0) is 16.1. The van der Waals surface area contributed by atoms with Gasteiger partial charge in [0.15, 0.2) is 0 Å². The average Bonchev–Trinajstić information content (AvgIpc) is 2.47. The van der Waals surface area contributed by atoms with Crippen molar-refractivity contribution in [2.24, 2.45) is 0 Å². The van der Waals surface area contributed by atoms with Gasteiger partial charge in [-0.2, -0.15) is 5.26 Å². The summed E-state index contributed by atoms with van der Waals surface area (Å²) in [6.07, 6.45) is 8.87. The zero-order valence-corrected chi connectivity index (χ0v) is 13.9. The second kappa shape index (κ2) is 11.6. The van der Waals surface area contributed by atoms with Crippen LogP contribution >= 0.6 is 0 Å². The SMILES string of the molecule is CCCCCCC(C)OC(=O)C(O)(C#N)CCCCCC. The summed E-state index contributed by atoms with van der Waals surface area (Å²) in [5.41, 5.74) is -1.98. The lowest BCUT2D eigenvalue weighted by Gasteiger charge is -2.21. The minimum absolute atomic E-state index is 0.158. The number of nitriles is 1. The summed E-state index contributed by atoms with van der Waals surface area (Å²) in [6, 6.07) is 1.72. The Morgan fingerprint density at radius 3 is 2.24 bits per heavy atom. The summed E-state index contributed by atoms with van der Waals surface area (Å²) in [4.78, 5) is 12.0. The largest absolute Gasteiger partial charge is 0.460 e. The van der Waals surface area contributed by atoms with Crippen LogP contribution in [-0.2, 0) is 9.53 Å². The normalized spacial score (nSPS) is 15.0. The first-order chi connectivity index (χ1) is 10.00. The molecule has 0 aromatic heterocycles. The first-order valence-electron chi connectivity index (χ1n) is 8.34. The average molecular weight is 297 g/mol. The fraction of sp³-hybridized carbons (Fsp3) is 0.882. The molecule has 0 spiro atoms. The molecule has 0 aliphatic carbocycles. The molecule has 0 bridgehead atoms. The quantitative estimate of drug-likeness (QED) is 0.334. The summed E-state index contributed by atoms with van der Waals surface area (Å²) in [7, 11) is 0. The van der Waals surface area contributed by atoms with Gasteiger partial charge in [-0.3, -0.25) is 0 Å². The maximum absolute atomic E-state index is 12.0. The monoisotopic (exact) mass is 297 g/mol. The fourth-order valence-electron chi connectivity index (χ4n) is 2.21. The Kier molecular flexibility index (Phi) is 11.0. The molecule has 0 aromatic rings. The van der Waals surface area contributed by atoms with Gasteiger partial charge in [-0.15, -0.1) is 0 Å². The smallest absolute Gasteiger partial charge is 0.353 e. The maximum atomic E-state index is 12.0. The summed E-state index contributed by atoms with van der Waals surface area (Å²) in [6.45, 7) is 6.05. The number of ether oxygens (including phenoxy) is 1. The molecule has 0 amide bonds. The molecule has 4 nitrogen and oxygen atoms in total. The van der Waals surface area contributed by atoms with E-state index in [1.54, 1.807) is 6.07 Å². The Hall–Kier alpha value is -1.08. The van der Waals surface area contributed by atoms with Gasteiger partial charge < -0.3 is 9.84 Å². The second-order valence-electron chi connectivity index (χ2n) is 5.85. The first kappa shape index (κ1) is 19.9. The van der Waals surface area contributed by atoms with Gasteiger partial charge in [0.1, 0.15) is 6.07 Å². The number of carbonyl (C=O) groups is 1. The Labute approximate surface area is 129 Å². The van der Waals surface area contributed by atoms with Crippen molar-refractivity contribution in [1.29, 1.82) is 5.26 Å². The second-order valence-corrected chi connectivity index (χ2v) is 5.85. The molecule has 1 N–H and O–H groups in total. The predicted molar refractivity (Wildman–Crippen MR) is 83.6 cm³/mol. The molecule has 4 heteroatoms. The molecule has 122 valence electrons. The van der Waals surface area contributed by atoms with E-state index < -0.39 is 11.6 Å². The molecule has 0 heterocycles. The Balaban J connectivity index is 4.15. The molecule has 21 heavy (non-hydrogen) atoms. The first-order valence-corrected chi connectivity index (χ1v) is 8.34. The van der Waals surface area contributed by atoms with Crippen molar-refractivity contribution in [3.63, 3.8) is 0 Å². The Bertz CT molecular complexity index is 324. The molecule has 0 fully saturated rings. The van der Waals surface area contributed by atoms with Crippen molar-refractivity contribution in [2.45, 2.75) is 96.7 Å². The number of hydrogen-bond acceptors (Lipinski definition) is 4. The van der Waals surface area contributed by atoms with Gasteiger partial charge in [0.25, 0.3) is 0 Å². The highest BCUT2D eigenvalue weighted by Gasteiger charge is 2.38. The molecule has 0 rings (SSSR count). The molecular formula is C17H31NO3. The van der Waals surface area contributed by atoms with Crippen LogP contribution in [0.1, 0.15) is 85.0 Å². The highest BCUT2D eigenvalue weighted by atomic mass is 16.6. The van der Waals surface area contributed by atoms with Crippen molar-refractivity contribution >= 4 is 5.97 Å². The van der Waals surface area contributed by atoms with Crippen LogP contribution in [-0.4, -0.2) is 22.8 Å². The number of unbranched alkanes of at least 4 members (excludes halogenated alkanes) is 6. The predicted octanol–water partition coefficient (Wildman–Crippen LogP) is 4.11. The molecule has 0 aromatic carbocycles. The third-order valence-electron chi connectivity index (χ3n) is 3.69. The Morgan fingerprint density at radius 1 is 1.14 bits per heavy atom. The van der Waals surface area contributed by atoms with E-state index >= 15 is 0 Å². The number of rotatable bonds is 12. The van der Waals surface area contributed by atoms with Crippen LogP contribution in [0.25, 0.3) is 0 Å². The van der Waals surface area contributed by atoms with Crippen LogP contribution in [0, 0.1) is 11.3 Å². The van der Waals surface area contributed by atoms with Crippen LogP contribution in [0.15, 0.2) is 0 Å². The molecular weight excluding hydrogens is 266 g/mol. The third kappa shape index (κ3) is 8.72. The fourth-order valence-corrected chi connectivity index (χ4v) is 2.21. The van der Waals surface area contributed by atoms with Crippen molar-refractivity contribution < 1.29 is 14.6 Å². The van der Waals surface area contributed by atoms with Gasteiger partial charge in [-0.1, -0.05) is 52.4 Å². The van der Waals surface area contributed by atoms with Crippen molar-refractivity contribution in [3.8, 4) is 6.07 Å². The summed E-state index contributed by atoms with van der Waals surface area (Å²) < 4.78 is 5.23. The Morgan fingerprint density at radius 2 is 1.71 bits per heavy atom. The molecule has 0 saturated carbocycles. The van der Waals surface area contributed by atoms with E-state index in [1.165, 1.54) is 12.8 Å². The van der Waals surface area contributed by atoms with Crippen molar-refractivity contribution in [2.75, 3.05) is 0 Å². The van der Waals surface area contributed by atoms with Gasteiger partial charge in [0.05, 0.1) is 6.10 Å². The van der Waals surface area contributed by atoms with E-state index in [0.29, 0.717) is 6.42 Å². The van der Waals surface area contributed by atoms with E-state index in [9.17, 15) is 9.90 Å². The number of esters is 1. The minimum Gasteiger partial charge on any atom is -0.460 e. The number of carbonyl (C=O) groups excluding carboxylic acids is 1. The third-order valence-corrected chi connectivity index (χ3v) is 3.69. The van der Waals surface area contributed by atoms with Crippen LogP contribution in [0.4, 0.5) is 0 Å². The van der Waals surface area contributed by atoms with E-state index in [1.807, 2.05) is 6.92 Å². The highest BCUT2D eigenvalue weighted by molar-refractivity contribution is 5.82. The highest BCUT2D eigenvalue weighted by Crippen LogP contribution is 2.19. The molecule has 0 aliphatic rings. The van der Waals surface area contributed by atoms with Crippen LogP contribution in [0.5, 0.6) is 0 Å². The summed E-state index contributed by atoms with van der Waals surface area (Å²) in [5.74, 6) is -0.788. The topological polar surface area (TPSA) is 70.3 Å². The van der Waals surface area contributed by atoms with Crippen LogP contribution < -0.4 is 0 Å². The molecule has 2 unspecified atom stereocenters. The molecule has 2 atom stereocenters. The lowest BCUT2D eigenvalue weighted by Crippen LogP contribution is -2.40. The zero-order valence-electron chi connectivity index (χ0n) is 13.9. The molecule has 0 saturated heterocycles. The molecule has 0 aliphatic heterocycles. The standard InChI is InChI=1S/C17H31NO3/c1-4-6-8-10-12-15(3)21-16(19)17(20,14-18)13-11-9-7-5-2/h15,20H,4-13H2,1-3H3. The van der Waals surface area contributed by atoms with E-state index in [2.05, 4.69) is 13.8 Å². The number of aliphatic hydroxyl groups is 1. The van der Waals surface area contributed by atoms with E-state index in [4.69, 9.17) is 10.00 Å². The number of nitrogens with zero attached hydrogens (tertiary/aromatic N) is 1. The summed E-state index contributed by atoms with van der Waals surface area (Å²) >= 11 is 0.